The van der Waals surface area contributed by atoms with Gasteiger partial charge >= 0.3 is 0 Å². The van der Waals surface area contributed by atoms with Gasteiger partial charge in [-0.1, -0.05) is 18.2 Å². The van der Waals surface area contributed by atoms with E-state index in [0.29, 0.717) is 17.6 Å². The number of carbonyl (C=O) groups excluding carboxylic acids is 1. The molecular formula is C28H39N3O3. The molecule has 4 aliphatic rings. The molecule has 1 N–H and O–H groups in total. The van der Waals surface area contributed by atoms with E-state index < -0.39 is 5.60 Å². The van der Waals surface area contributed by atoms with Gasteiger partial charge in [-0.3, -0.25) is 4.79 Å². The summed E-state index contributed by atoms with van der Waals surface area (Å²) in [6, 6.07) is 5.73. The van der Waals surface area contributed by atoms with Gasteiger partial charge < -0.3 is 9.84 Å². The number of methoxy groups -OCH3 is 1. The monoisotopic (exact) mass is 465 g/mol. The van der Waals surface area contributed by atoms with Gasteiger partial charge in [-0.25, -0.2) is 4.68 Å². The molecule has 1 heterocycles. The highest BCUT2D eigenvalue weighted by Crippen LogP contribution is 2.64. The molecular weight excluding hydrogens is 426 g/mol. The van der Waals surface area contributed by atoms with Crippen LogP contribution in [0, 0.1) is 40.9 Å². The number of rotatable bonds is 4. The fourth-order valence-electron chi connectivity index (χ4n) is 9.14. The SMILES string of the molecule is COc1cccc2nnn(CC(=O)[C@H]3CC[C@H]4[C@@H]5CC[C@@H]6C[C@](C)(O)CC[C@@H]6[C@H]5CC[C@]34C)c12. The van der Waals surface area contributed by atoms with Crippen LogP contribution in [0.1, 0.15) is 71.6 Å². The molecule has 8 atom stereocenters. The Kier molecular flexibility index (Phi) is 5.32. The number of fused-ring (bicyclic) bond motifs is 6. The van der Waals surface area contributed by atoms with E-state index >= 15 is 0 Å². The molecule has 184 valence electrons. The highest BCUT2D eigenvalue weighted by atomic mass is 16.5. The summed E-state index contributed by atoms with van der Waals surface area (Å²) in [7, 11) is 1.65. The van der Waals surface area contributed by atoms with Gasteiger partial charge in [0, 0.05) is 5.92 Å². The van der Waals surface area contributed by atoms with Crippen LogP contribution in [0.3, 0.4) is 0 Å². The number of nitrogens with zero attached hydrogens (tertiary/aromatic N) is 3. The number of ether oxygens (including phenoxy) is 1. The molecule has 34 heavy (non-hydrogen) atoms. The fourth-order valence-corrected chi connectivity index (χ4v) is 9.14. The summed E-state index contributed by atoms with van der Waals surface area (Å²) in [5, 5.41) is 19.2. The largest absolute Gasteiger partial charge is 0.494 e. The molecule has 6 rings (SSSR count). The smallest absolute Gasteiger partial charge is 0.157 e. The molecule has 6 nitrogen and oxygen atoms in total. The summed E-state index contributed by atoms with van der Waals surface area (Å²) < 4.78 is 7.27. The number of ketones is 1. The molecule has 2 aromatic rings. The van der Waals surface area contributed by atoms with Gasteiger partial charge in [0.25, 0.3) is 0 Å². The van der Waals surface area contributed by atoms with Gasteiger partial charge in [0.05, 0.1) is 12.7 Å². The number of hydrogen-bond donors (Lipinski definition) is 1. The van der Waals surface area contributed by atoms with E-state index in [-0.39, 0.29) is 17.9 Å². The van der Waals surface area contributed by atoms with Gasteiger partial charge in [0.2, 0.25) is 0 Å². The van der Waals surface area contributed by atoms with Crippen LogP contribution < -0.4 is 4.74 Å². The van der Waals surface area contributed by atoms with Crippen LogP contribution in [0.15, 0.2) is 18.2 Å². The van der Waals surface area contributed by atoms with E-state index in [4.69, 9.17) is 4.74 Å². The quantitative estimate of drug-likeness (QED) is 0.685. The van der Waals surface area contributed by atoms with Gasteiger partial charge in [-0.15, -0.1) is 5.10 Å². The summed E-state index contributed by atoms with van der Waals surface area (Å²) in [6.45, 7) is 4.73. The third-order valence-electron chi connectivity index (χ3n) is 10.6. The Labute approximate surface area is 202 Å². The third kappa shape index (κ3) is 3.42. The maximum Gasteiger partial charge on any atom is 0.157 e. The second kappa shape index (κ2) is 8.04. The number of aliphatic hydroxyl groups is 1. The third-order valence-corrected chi connectivity index (χ3v) is 10.6. The van der Waals surface area contributed by atoms with Crippen molar-refractivity contribution >= 4 is 16.8 Å². The zero-order valence-corrected chi connectivity index (χ0v) is 20.9. The predicted molar refractivity (Wildman–Crippen MR) is 130 cm³/mol. The predicted octanol–water partition coefficient (Wildman–Crippen LogP) is 5.03. The first-order chi connectivity index (χ1) is 16.3. The summed E-state index contributed by atoms with van der Waals surface area (Å²) >= 11 is 0. The zero-order chi connectivity index (χ0) is 23.7. The Bertz CT molecular complexity index is 1090. The van der Waals surface area contributed by atoms with Crippen LogP contribution in [-0.2, 0) is 11.3 Å². The first kappa shape index (κ1) is 22.5. The molecule has 4 aliphatic carbocycles. The number of benzene rings is 1. The average molecular weight is 466 g/mol. The van der Waals surface area contributed by atoms with Gasteiger partial charge in [-0.05, 0) is 112 Å². The second-order valence-corrected chi connectivity index (χ2v) is 12.4. The summed E-state index contributed by atoms with van der Waals surface area (Å²) in [5.74, 6) is 4.83. The van der Waals surface area contributed by atoms with Crippen molar-refractivity contribution in [1.29, 1.82) is 0 Å². The lowest BCUT2D eigenvalue weighted by atomic mass is 9.49. The van der Waals surface area contributed by atoms with Crippen molar-refractivity contribution in [2.24, 2.45) is 40.9 Å². The zero-order valence-electron chi connectivity index (χ0n) is 20.9. The molecule has 0 amide bonds. The van der Waals surface area contributed by atoms with Crippen molar-refractivity contribution < 1.29 is 14.6 Å². The van der Waals surface area contributed by atoms with Crippen molar-refractivity contribution in [3.8, 4) is 5.75 Å². The Hall–Kier alpha value is -1.95. The molecule has 0 bridgehead atoms. The summed E-state index contributed by atoms with van der Waals surface area (Å²) in [6.07, 6.45) is 10.3. The van der Waals surface area contributed by atoms with E-state index in [1.807, 2.05) is 25.1 Å². The van der Waals surface area contributed by atoms with Gasteiger partial charge in [0.1, 0.15) is 23.3 Å². The Balaban J connectivity index is 1.21. The lowest BCUT2D eigenvalue weighted by Crippen LogP contribution is -2.51. The molecule has 0 radical (unpaired) electrons. The van der Waals surface area contributed by atoms with E-state index in [1.54, 1.807) is 11.8 Å². The first-order valence-electron chi connectivity index (χ1n) is 13.4. The standard InChI is InChI=1S/C28H39N3O3/c1-27(33)13-11-18-17(15-27)7-8-20-19(18)12-14-28(2)21(20)9-10-22(28)24(32)16-31-26-23(29-30-31)5-4-6-25(26)34-3/h4-6,17-22,33H,7-16H2,1-3H3/t17-,18+,19-,20-,21+,22-,27-,28+/m1/s1. The Morgan fingerprint density at radius 3 is 2.74 bits per heavy atom. The number of hydrogen-bond acceptors (Lipinski definition) is 5. The number of Topliss-reactive ketones (excluding diaryl/α,β-unsaturated/α-hetero) is 1. The van der Waals surface area contributed by atoms with Crippen LogP contribution in [0.5, 0.6) is 5.75 Å². The second-order valence-electron chi connectivity index (χ2n) is 12.4. The number of aromatic nitrogens is 3. The molecule has 0 saturated heterocycles. The van der Waals surface area contributed by atoms with Crippen molar-refractivity contribution in [3.63, 3.8) is 0 Å². The molecule has 6 heteroatoms. The molecule has 1 aromatic carbocycles. The van der Waals surface area contributed by atoms with Crippen LogP contribution >= 0.6 is 0 Å². The highest BCUT2D eigenvalue weighted by molar-refractivity contribution is 5.86. The highest BCUT2D eigenvalue weighted by Gasteiger charge is 2.58. The molecule has 4 saturated carbocycles. The maximum atomic E-state index is 13.7. The average Bonchev–Trinajstić information content (AvgIpc) is 3.38. The molecule has 4 fully saturated rings. The van der Waals surface area contributed by atoms with Gasteiger partial charge in [-0.2, -0.15) is 0 Å². The van der Waals surface area contributed by atoms with Crippen molar-refractivity contribution in [2.75, 3.05) is 7.11 Å². The van der Waals surface area contributed by atoms with Gasteiger partial charge in [0.15, 0.2) is 5.78 Å². The lowest BCUT2D eigenvalue weighted by molar-refractivity contribution is -0.133. The molecule has 1 aromatic heterocycles. The van der Waals surface area contributed by atoms with Crippen molar-refractivity contribution in [3.05, 3.63) is 18.2 Å². The number of para-hydroxylation sites is 1. The van der Waals surface area contributed by atoms with Crippen molar-refractivity contribution in [1.82, 2.24) is 15.0 Å². The van der Waals surface area contributed by atoms with E-state index in [0.717, 1.165) is 60.2 Å². The lowest BCUT2D eigenvalue weighted by Gasteiger charge is -2.56. The minimum Gasteiger partial charge on any atom is -0.494 e. The van der Waals surface area contributed by atoms with Crippen LogP contribution in [0.25, 0.3) is 11.0 Å². The molecule has 0 aliphatic heterocycles. The summed E-state index contributed by atoms with van der Waals surface area (Å²) in [4.78, 5) is 13.7. The number of carbonyl (C=O) groups is 1. The van der Waals surface area contributed by atoms with E-state index in [9.17, 15) is 9.90 Å². The first-order valence-corrected chi connectivity index (χ1v) is 13.4. The summed E-state index contributed by atoms with van der Waals surface area (Å²) in [5.41, 5.74) is 1.22. The van der Waals surface area contributed by atoms with Crippen LogP contribution in [0.4, 0.5) is 0 Å². The maximum absolute atomic E-state index is 13.7. The molecule has 0 spiro atoms. The normalized spacial score (nSPS) is 41.5. The van der Waals surface area contributed by atoms with E-state index in [2.05, 4.69) is 17.2 Å². The van der Waals surface area contributed by atoms with Crippen LogP contribution in [-0.4, -0.2) is 38.6 Å². The van der Waals surface area contributed by atoms with Crippen LogP contribution in [0.2, 0.25) is 0 Å². The van der Waals surface area contributed by atoms with Crippen molar-refractivity contribution in [2.45, 2.75) is 83.8 Å². The Morgan fingerprint density at radius 1 is 1.09 bits per heavy atom. The fraction of sp³-hybridized carbons (Fsp3) is 0.750. The van der Waals surface area contributed by atoms with E-state index in [1.165, 1.54) is 32.1 Å². The minimum atomic E-state index is -0.462. The molecule has 0 unspecified atom stereocenters. The minimum absolute atomic E-state index is 0.103. The Morgan fingerprint density at radius 2 is 1.91 bits per heavy atom. The topological polar surface area (TPSA) is 77.2 Å².